The molecule has 10 rings (SSSR count). The van der Waals surface area contributed by atoms with Crippen molar-refractivity contribution in [1.82, 2.24) is 29.9 Å². The summed E-state index contributed by atoms with van der Waals surface area (Å²) in [6.07, 6.45) is 0. The van der Waals surface area contributed by atoms with E-state index < -0.39 is 203 Å². The van der Waals surface area contributed by atoms with E-state index in [1.165, 1.54) is 74.9 Å². The zero-order chi connectivity index (χ0) is 79.0. The highest BCUT2D eigenvalue weighted by molar-refractivity contribution is 7.92. The standard InChI is InChI=1S/C56H46Cl2N14O28S8/c1-97-41-21-27(3-13-37(41)69-71-47-43(105(85,86)87)23-29-19-35(103(79,80)81)25-39(45(29)49(47)73)61-55-65-51(57)63-53(67-55)59-31-5-9-33(10-6-31)101(75,76)17-15-99-107(91,92)93)28-4-14-38(42(22-28)98-2)70-72-48-44(106(88,89)90)24-30-20-36(104(82,83)84)26-40(46(30)50(48)74)62-56-66-52(58)64-54(68-56)60-32-7-11-34(12-8-32)102(77,78)18-16-100-108(94,95)96/h3-14,19-26,73-74H,15-18H2,1-2H3,(H,79,80,81)(H,82,83,84)(H,85,86,87)(H,88,89,90)(H,91,92,93)(H,94,95,96)(H2,59,61,63,65,67)(H2,60,62,64,66,68). The number of phenols is 2. The minimum absolute atomic E-state index is 0.101. The number of halogens is 2. The Morgan fingerprint density at radius 3 is 1.08 bits per heavy atom. The van der Waals surface area contributed by atoms with Crippen LogP contribution in [0.5, 0.6) is 23.0 Å². The summed E-state index contributed by atoms with van der Waals surface area (Å²) in [5.41, 5.74) is -3.65. The lowest BCUT2D eigenvalue weighted by Gasteiger charge is -2.13. The van der Waals surface area contributed by atoms with Crippen LogP contribution >= 0.6 is 23.2 Å². The number of H-pyrrole nitrogens is 2. The molecule has 570 valence electrons. The Hall–Kier alpha value is -10.2. The van der Waals surface area contributed by atoms with Crippen LogP contribution in [-0.2, 0) is 89.3 Å². The third-order valence-corrected chi connectivity index (χ3v) is 22.5. The monoisotopic (exact) mass is 1690 g/mol. The van der Waals surface area contributed by atoms with Crippen molar-refractivity contribution in [3.63, 3.8) is 0 Å². The molecule has 0 radical (unpaired) electrons. The Balaban J connectivity index is 0.965. The van der Waals surface area contributed by atoms with Gasteiger partial charge in [-0.3, -0.25) is 37.3 Å². The molecule has 0 bridgehead atoms. The predicted molar refractivity (Wildman–Crippen MR) is 376 cm³/mol. The first-order chi connectivity index (χ1) is 50.2. The van der Waals surface area contributed by atoms with Gasteiger partial charge >= 0.3 is 20.8 Å². The van der Waals surface area contributed by atoms with Gasteiger partial charge in [-0.1, -0.05) is 12.1 Å². The molecule has 0 atom stereocenters. The minimum Gasteiger partial charge on any atom is -0.505 e. The zero-order valence-electron chi connectivity index (χ0n) is 53.6. The maximum absolute atomic E-state index is 13.0. The lowest BCUT2D eigenvalue weighted by Crippen LogP contribution is -2.16. The molecule has 8 aromatic carbocycles. The quantitative estimate of drug-likeness (QED) is 0.0174. The number of ether oxygens (including phenoxy) is 2. The van der Waals surface area contributed by atoms with Crippen LogP contribution in [0.1, 0.15) is 0 Å². The number of nitrogens with zero attached hydrogens (tertiary/aromatic N) is 10. The van der Waals surface area contributed by atoms with Crippen molar-refractivity contribution < 1.29 is 123 Å². The van der Waals surface area contributed by atoms with Gasteiger partial charge in [0.25, 0.3) is 40.5 Å². The van der Waals surface area contributed by atoms with Gasteiger partial charge in [-0.15, -0.1) is 20.5 Å². The highest BCUT2D eigenvalue weighted by Crippen LogP contribution is 2.49. The summed E-state index contributed by atoms with van der Waals surface area (Å²) in [6.45, 7) is -1.81. The van der Waals surface area contributed by atoms with E-state index in [1.54, 1.807) is 0 Å². The van der Waals surface area contributed by atoms with Crippen LogP contribution in [0.2, 0.25) is 10.6 Å². The first-order valence-corrected chi connectivity index (χ1v) is 41.4. The number of phenolic OH excluding ortho intramolecular Hbond substituents is 2. The number of hydrogen-bond acceptors (Lipinski definition) is 34. The molecule has 108 heavy (non-hydrogen) atoms. The normalized spacial score (nSPS) is 13.3. The Labute approximate surface area is 618 Å². The Kier molecular flexibility index (Phi) is 22.9. The number of aromatic amines is 2. The van der Waals surface area contributed by atoms with E-state index in [9.17, 15) is 95.8 Å². The van der Waals surface area contributed by atoms with Gasteiger partial charge in [0.2, 0.25) is 33.7 Å². The largest absolute Gasteiger partial charge is 0.505 e. The van der Waals surface area contributed by atoms with Crippen molar-refractivity contribution in [1.29, 1.82) is 0 Å². The van der Waals surface area contributed by atoms with E-state index in [0.29, 0.717) is 35.4 Å². The number of azo groups is 2. The van der Waals surface area contributed by atoms with E-state index in [-0.39, 0.29) is 55.9 Å². The number of rotatable bonds is 27. The summed E-state index contributed by atoms with van der Waals surface area (Å²) in [6, 6.07) is 21.8. The molecule has 2 aromatic heterocycles. The predicted octanol–water partition coefficient (Wildman–Crippen LogP) is 7.59. The number of aromatic hydroxyl groups is 2. The van der Waals surface area contributed by atoms with Crippen molar-refractivity contribution in [3.8, 4) is 34.1 Å². The first-order valence-electron chi connectivity index (χ1n) is 28.8. The van der Waals surface area contributed by atoms with Crippen molar-refractivity contribution in [2.75, 3.05) is 49.6 Å². The molecule has 52 heteroatoms. The Morgan fingerprint density at radius 2 is 0.769 bits per heavy atom. The molecule has 0 saturated heterocycles. The van der Waals surface area contributed by atoms with Gasteiger partial charge in [-0.2, -0.15) is 70.4 Å². The lowest BCUT2D eigenvalue weighted by molar-refractivity contribution is 0.282. The van der Waals surface area contributed by atoms with E-state index in [0.717, 1.165) is 36.4 Å². The van der Waals surface area contributed by atoms with Crippen LogP contribution in [-0.4, -0.2) is 174 Å². The summed E-state index contributed by atoms with van der Waals surface area (Å²) in [7, 11) is -37.0. The van der Waals surface area contributed by atoms with Gasteiger partial charge in [0, 0.05) is 11.4 Å². The summed E-state index contributed by atoms with van der Waals surface area (Å²) < 4.78 is 275. The maximum Gasteiger partial charge on any atom is 0.397 e. The molecule has 0 aliphatic rings. The highest BCUT2D eigenvalue weighted by Gasteiger charge is 2.29. The van der Waals surface area contributed by atoms with E-state index in [2.05, 4.69) is 79.3 Å². The van der Waals surface area contributed by atoms with Crippen molar-refractivity contribution in [2.24, 2.45) is 30.4 Å². The third kappa shape index (κ3) is 19.5. The number of sulfone groups is 2. The number of nitrogens with one attached hydrogen (secondary N) is 4. The zero-order valence-corrected chi connectivity index (χ0v) is 61.7. The average molecular weight is 1690 g/mol. The summed E-state index contributed by atoms with van der Waals surface area (Å²) in [5.74, 6) is -4.83. The average Bonchev–Trinajstić information content (AvgIpc) is 0.750. The molecular formula is C56H46Cl2N14O28S8. The summed E-state index contributed by atoms with van der Waals surface area (Å²) >= 11 is 12.5. The van der Waals surface area contributed by atoms with Gasteiger partial charge < -0.3 is 30.3 Å². The maximum atomic E-state index is 13.0. The topological polar surface area (TPSA) is 653 Å². The van der Waals surface area contributed by atoms with E-state index in [1.807, 2.05) is 0 Å². The molecule has 12 N–H and O–H groups in total. The minimum atomic E-state index is -5.43. The number of methoxy groups -OCH3 is 2. The van der Waals surface area contributed by atoms with Gasteiger partial charge in [-0.25, -0.2) is 35.2 Å². The number of benzene rings is 8. The molecule has 0 amide bonds. The molecule has 10 aromatic rings. The smallest absolute Gasteiger partial charge is 0.397 e. The van der Waals surface area contributed by atoms with E-state index in [4.69, 9.17) is 41.8 Å². The summed E-state index contributed by atoms with van der Waals surface area (Å²) in [5, 5.41) is 42.5. The second-order valence-electron chi connectivity index (χ2n) is 21.5. The van der Waals surface area contributed by atoms with Gasteiger partial charge in [-0.05, 0) is 154 Å². The lowest BCUT2D eigenvalue weighted by atomic mass is 10.0. The molecule has 0 aliphatic carbocycles. The van der Waals surface area contributed by atoms with Crippen LogP contribution in [0.15, 0.2) is 181 Å². The van der Waals surface area contributed by atoms with Crippen LogP contribution in [0.25, 0.3) is 32.7 Å². The molecule has 0 aliphatic heterocycles. The van der Waals surface area contributed by atoms with Crippen LogP contribution < -0.4 is 31.3 Å². The fourth-order valence-electron chi connectivity index (χ4n) is 9.69. The molecule has 0 unspecified atom stereocenters. The van der Waals surface area contributed by atoms with Crippen LogP contribution in [0, 0.1) is 0 Å². The van der Waals surface area contributed by atoms with E-state index >= 15 is 0 Å². The second kappa shape index (κ2) is 30.8. The fraction of sp³-hybridized carbons (Fsp3) is 0.107. The number of fused-ring (bicyclic) bond motifs is 2. The third-order valence-electron chi connectivity index (χ3n) is 14.4. The molecule has 2 heterocycles. The Morgan fingerprint density at radius 1 is 0.417 bits per heavy atom. The number of anilines is 4. The molecule has 0 spiro atoms. The van der Waals surface area contributed by atoms with Gasteiger partial charge in [0.1, 0.15) is 44.0 Å². The van der Waals surface area contributed by atoms with Gasteiger partial charge in [0.05, 0.1) is 80.7 Å². The Bertz CT molecular complexity index is 6170. The molecular weight excluding hydrogens is 1640 g/mol. The number of hydrogen-bond donors (Lipinski definition) is 12. The van der Waals surface area contributed by atoms with Crippen molar-refractivity contribution in [3.05, 3.63) is 143 Å². The van der Waals surface area contributed by atoms with Crippen LogP contribution in [0.4, 0.5) is 57.4 Å². The molecule has 0 saturated carbocycles. The van der Waals surface area contributed by atoms with Crippen LogP contribution in [0.3, 0.4) is 0 Å². The van der Waals surface area contributed by atoms with Crippen molar-refractivity contribution >= 4 is 183 Å². The summed E-state index contributed by atoms with van der Waals surface area (Å²) in [4.78, 5) is 25.0. The van der Waals surface area contributed by atoms with Gasteiger partial charge in [0.15, 0.2) is 31.2 Å². The second-order valence-corrected chi connectivity index (χ2v) is 34.3. The molecule has 42 nitrogen and oxygen atoms in total. The SMILES string of the molecule is COc1cc(-c2ccc(N=Nc3c(S(=O)(=O)O)cc4cc(S(=O)(=O)O)cc(N=c5nc(Nc6ccc(S(=O)(=O)CCOS(=O)(=O)O)cc6)nc(Cl)[nH]5)c4c3O)c(OC)c2)ccc1N=Nc1c(S(=O)(=O)O)cc2cc(S(=O)(=O)O)cc(N=c3nc(Nc4ccc(S(=O)(=O)CCOS(=O)(=O)O)cc4)nc(Cl)[nH]3)c2c1O. The highest BCUT2D eigenvalue weighted by atomic mass is 35.5. The molecule has 0 fully saturated rings. The number of aromatic nitrogens is 6. The van der Waals surface area contributed by atoms with Crippen molar-refractivity contribution in [2.45, 2.75) is 29.4 Å². The first kappa shape index (κ1) is 80.3. The fourth-order valence-corrected chi connectivity index (χ4v) is 15.4.